The molecular formula is C16H20BN3O4S. The second-order valence-corrected chi connectivity index (χ2v) is 8.62. The lowest BCUT2D eigenvalue weighted by atomic mass is 9.64. The zero-order valence-electron chi connectivity index (χ0n) is 13.8. The molecule has 1 aliphatic heterocycles. The van der Waals surface area contributed by atoms with Crippen molar-refractivity contribution >= 4 is 33.7 Å². The van der Waals surface area contributed by atoms with E-state index in [2.05, 4.69) is 9.97 Å². The van der Waals surface area contributed by atoms with Gasteiger partial charge in [-0.2, -0.15) is 0 Å². The Labute approximate surface area is 146 Å². The van der Waals surface area contributed by atoms with Gasteiger partial charge < -0.3 is 14.7 Å². The number of sulfonamides is 1. The molecular weight excluding hydrogens is 341 g/mol. The van der Waals surface area contributed by atoms with Gasteiger partial charge in [0.2, 0.25) is 10.0 Å². The molecule has 1 fully saturated rings. The second kappa shape index (κ2) is 5.86. The Balaban J connectivity index is 1.66. The fourth-order valence-corrected chi connectivity index (χ4v) is 5.39. The summed E-state index contributed by atoms with van der Waals surface area (Å²) in [6.45, 7) is 1.85. The first-order valence-corrected chi connectivity index (χ1v) is 10.0. The lowest BCUT2D eigenvalue weighted by molar-refractivity contribution is 0.233. The minimum absolute atomic E-state index is 0.0536. The highest BCUT2D eigenvalue weighted by Gasteiger charge is 2.43. The maximum atomic E-state index is 11.8. The number of H-pyrrole nitrogens is 1. The molecule has 2 aromatic rings. The number of rotatable bonds is 4. The van der Waals surface area contributed by atoms with E-state index in [0.29, 0.717) is 12.2 Å². The molecule has 2 aliphatic rings. The van der Waals surface area contributed by atoms with Crippen molar-refractivity contribution in [1.82, 2.24) is 9.97 Å². The van der Waals surface area contributed by atoms with Gasteiger partial charge in [0.25, 0.3) is 0 Å². The summed E-state index contributed by atoms with van der Waals surface area (Å²) in [5, 5.41) is 15.8. The molecule has 9 heteroatoms. The van der Waals surface area contributed by atoms with E-state index in [9.17, 15) is 13.4 Å². The van der Waals surface area contributed by atoms with Crippen LogP contribution in [-0.4, -0.2) is 35.8 Å². The van der Waals surface area contributed by atoms with E-state index in [-0.39, 0.29) is 11.8 Å². The van der Waals surface area contributed by atoms with Gasteiger partial charge in [-0.1, -0.05) is 6.92 Å². The van der Waals surface area contributed by atoms with Gasteiger partial charge in [-0.25, -0.2) is 18.5 Å². The molecule has 0 aromatic carbocycles. The molecule has 0 radical (unpaired) electrons. The molecule has 7 nitrogen and oxygen atoms in total. The van der Waals surface area contributed by atoms with Gasteiger partial charge >= 0.3 is 7.12 Å². The van der Waals surface area contributed by atoms with Crippen molar-refractivity contribution in [2.24, 2.45) is 17.0 Å². The third-order valence-electron chi connectivity index (χ3n) is 5.37. The number of pyridine rings is 1. The molecule has 1 aliphatic carbocycles. The van der Waals surface area contributed by atoms with Gasteiger partial charge in [0, 0.05) is 17.1 Å². The summed E-state index contributed by atoms with van der Waals surface area (Å²) in [5.74, 6) is 2.50. The van der Waals surface area contributed by atoms with Crippen LogP contribution in [0.3, 0.4) is 0 Å². The van der Waals surface area contributed by atoms with Gasteiger partial charge in [0.05, 0.1) is 11.4 Å². The fourth-order valence-electron chi connectivity index (χ4n) is 4.17. The van der Waals surface area contributed by atoms with E-state index < -0.39 is 22.4 Å². The number of primary sulfonamides is 1. The van der Waals surface area contributed by atoms with Crippen molar-refractivity contribution < 1.29 is 18.1 Å². The molecule has 1 unspecified atom stereocenters. The van der Waals surface area contributed by atoms with Gasteiger partial charge in [-0.3, -0.25) is 0 Å². The summed E-state index contributed by atoms with van der Waals surface area (Å²) < 4.78 is 29.0. The van der Waals surface area contributed by atoms with Crippen LogP contribution in [0.4, 0.5) is 0 Å². The number of fused-ring (bicyclic) bond motifs is 3. The van der Waals surface area contributed by atoms with Crippen LogP contribution in [0.2, 0.25) is 0 Å². The van der Waals surface area contributed by atoms with Gasteiger partial charge in [-0.05, 0) is 48.7 Å². The van der Waals surface area contributed by atoms with Crippen LogP contribution >= 0.6 is 0 Å². The summed E-state index contributed by atoms with van der Waals surface area (Å²) in [5.41, 5.74) is 2.70. The highest BCUT2D eigenvalue weighted by molar-refractivity contribution is 7.89. The molecule has 1 saturated carbocycles. The lowest BCUT2D eigenvalue weighted by Gasteiger charge is -2.41. The van der Waals surface area contributed by atoms with Crippen molar-refractivity contribution in [2.75, 3.05) is 0 Å². The number of nitrogens with one attached hydrogen (secondary N) is 1. The van der Waals surface area contributed by atoms with Crippen molar-refractivity contribution in [3.8, 4) is 5.75 Å². The van der Waals surface area contributed by atoms with Gasteiger partial charge in [-0.15, -0.1) is 0 Å². The van der Waals surface area contributed by atoms with Crippen molar-refractivity contribution in [3.63, 3.8) is 0 Å². The summed E-state index contributed by atoms with van der Waals surface area (Å²) in [4.78, 5) is 7.38. The largest absolute Gasteiger partial charge is 0.552 e. The third kappa shape index (κ3) is 2.76. The molecule has 0 bridgehead atoms. The average molecular weight is 361 g/mol. The Morgan fingerprint density at radius 2 is 2.28 bits per heavy atom. The fraction of sp³-hybridized carbons (Fsp3) is 0.438. The predicted molar refractivity (Wildman–Crippen MR) is 96.1 cm³/mol. The molecule has 3 heterocycles. The van der Waals surface area contributed by atoms with Gasteiger partial charge in [0.15, 0.2) is 0 Å². The smallest absolute Gasteiger partial charge is 0.531 e. The lowest BCUT2D eigenvalue weighted by Crippen LogP contribution is -2.42. The minimum Gasteiger partial charge on any atom is -0.531 e. The topological polar surface area (TPSA) is 118 Å². The first-order valence-electron chi connectivity index (χ1n) is 8.43. The Kier molecular flexibility index (Phi) is 3.90. The SMILES string of the molecule is CCC(C1CC(C2=CB(O)Oc3cnc4[nH]ccc4c32)C1)S(N)(=O)=O. The summed E-state index contributed by atoms with van der Waals surface area (Å²) in [6.07, 6.45) is 5.42. The maximum Gasteiger partial charge on any atom is 0.552 e. The maximum absolute atomic E-state index is 11.8. The molecule has 25 heavy (non-hydrogen) atoms. The van der Waals surface area contributed by atoms with Crippen LogP contribution < -0.4 is 9.79 Å². The van der Waals surface area contributed by atoms with E-state index in [1.54, 1.807) is 12.2 Å². The summed E-state index contributed by atoms with van der Waals surface area (Å²) in [6, 6.07) is 1.94. The van der Waals surface area contributed by atoms with Gasteiger partial charge in [0.1, 0.15) is 11.4 Å². The number of nitrogens with two attached hydrogens (primary N) is 1. The molecule has 4 N–H and O–H groups in total. The van der Waals surface area contributed by atoms with Crippen LogP contribution in [0.5, 0.6) is 5.75 Å². The first kappa shape index (κ1) is 16.6. The van der Waals surface area contributed by atoms with E-state index in [0.717, 1.165) is 35.0 Å². The summed E-state index contributed by atoms with van der Waals surface area (Å²) >= 11 is 0. The Morgan fingerprint density at radius 3 is 2.96 bits per heavy atom. The quantitative estimate of drug-likeness (QED) is 0.713. The van der Waals surface area contributed by atoms with Crippen LogP contribution in [0, 0.1) is 11.8 Å². The molecule has 2 aromatic heterocycles. The number of hydrogen-bond acceptors (Lipinski definition) is 5. The molecule has 1 atom stereocenters. The van der Waals surface area contributed by atoms with E-state index in [4.69, 9.17) is 9.79 Å². The van der Waals surface area contributed by atoms with E-state index in [1.807, 2.05) is 19.2 Å². The first-order chi connectivity index (χ1) is 11.9. The molecule has 0 spiro atoms. The average Bonchev–Trinajstić information content (AvgIpc) is 2.96. The summed E-state index contributed by atoms with van der Waals surface area (Å²) in [7, 11) is -4.55. The number of aromatic nitrogens is 2. The van der Waals surface area contributed by atoms with Crippen LogP contribution in [0.15, 0.2) is 24.4 Å². The highest BCUT2D eigenvalue weighted by Crippen LogP contribution is 2.50. The minimum atomic E-state index is -3.53. The number of aromatic amines is 1. The molecule has 132 valence electrons. The molecule has 0 amide bonds. The monoisotopic (exact) mass is 361 g/mol. The zero-order valence-corrected chi connectivity index (χ0v) is 14.7. The number of allylic oxidation sites excluding steroid dienone is 1. The third-order valence-corrected chi connectivity index (χ3v) is 6.94. The Bertz CT molecular complexity index is 949. The predicted octanol–water partition coefficient (Wildman–Crippen LogP) is 1.45. The van der Waals surface area contributed by atoms with Crippen molar-refractivity contribution in [3.05, 3.63) is 30.0 Å². The number of hydrogen-bond donors (Lipinski definition) is 3. The van der Waals surface area contributed by atoms with E-state index in [1.165, 1.54) is 0 Å². The molecule has 0 saturated heterocycles. The zero-order chi connectivity index (χ0) is 17.8. The van der Waals surface area contributed by atoms with Crippen LogP contribution in [0.25, 0.3) is 16.6 Å². The van der Waals surface area contributed by atoms with Crippen molar-refractivity contribution in [1.29, 1.82) is 0 Å². The second-order valence-electron chi connectivity index (χ2n) is 6.83. The highest BCUT2D eigenvalue weighted by atomic mass is 32.2. The standard InChI is InChI=1S/C16H20BN3O4S/c1-2-14(25(18,22)23)10-5-9(6-10)12-7-17(21)24-13-8-20-16-11(15(12)13)3-4-19-16/h3-4,7-10,14,21H,2,5-6H2,1H3,(H,19,20)(H2,18,22,23). The van der Waals surface area contributed by atoms with E-state index >= 15 is 0 Å². The normalized spacial score (nSPS) is 24.3. The molecule has 4 rings (SSSR count). The number of nitrogens with zero attached hydrogens (tertiary/aromatic N) is 1. The van der Waals surface area contributed by atoms with Crippen LogP contribution in [0.1, 0.15) is 31.7 Å². The van der Waals surface area contributed by atoms with Crippen LogP contribution in [-0.2, 0) is 10.0 Å². The Morgan fingerprint density at radius 1 is 1.52 bits per heavy atom. The van der Waals surface area contributed by atoms with Crippen molar-refractivity contribution in [2.45, 2.75) is 31.4 Å². The Hall–Kier alpha value is -1.84.